The van der Waals surface area contributed by atoms with Crippen molar-refractivity contribution >= 4 is 64.6 Å². The van der Waals surface area contributed by atoms with Gasteiger partial charge >= 0.3 is 6.09 Å². The summed E-state index contributed by atoms with van der Waals surface area (Å²) in [6, 6.07) is 13.5. The van der Waals surface area contributed by atoms with Crippen LogP contribution >= 0.6 is 23.2 Å². The average molecular weight is 722 g/mol. The topological polar surface area (TPSA) is 188 Å². The fourth-order valence-electron chi connectivity index (χ4n) is 5.94. The fourth-order valence-corrected chi connectivity index (χ4v) is 6.46. The molecule has 3 aromatic rings. The Morgan fingerprint density at radius 2 is 1.54 bits per heavy atom. The number of nitrogens with one attached hydrogen (secondary N) is 4. The first kappa shape index (κ1) is 34.7. The van der Waals surface area contributed by atoms with Crippen LogP contribution in [0.2, 0.25) is 10.0 Å². The van der Waals surface area contributed by atoms with Crippen molar-refractivity contribution < 1.29 is 28.7 Å². The van der Waals surface area contributed by atoms with Crippen LogP contribution in [0.3, 0.4) is 0 Å². The van der Waals surface area contributed by atoms with Crippen molar-refractivity contribution in [2.75, 3.05) is 4.90 Å². The molecule has 260 valence electrons. The van der Waals surface area contributed by atoms with Crippen molar-refractivity contribution in [3.8, 4) is 6.07 Å². The number of ether oxygens (including phenoxy) is 1. The number of carbonyl (C=O) groups excluding carboxylic acids is 5. The highest BCUT2D eigenvalue weighted by Gasteiger charge is 2.59. The lowest BCUT2D eigenvalue weighted by molar-refractivity contribution is -0.132. The van der Waals surface area contributed by atoms with Crippen LogP contribution in [0.15, 0.2) is 48.7 Å². The molecule has 1 atom stereocenters. The van der Waals surface area contributed by atoms with Crippen molar-refractivity contribution in [1.29, 1.82) is 5.26 Å². The summed E-state index contributed by atoms with van der Waals surface area (Å²) in [5.74, 6) is -2.08. The molecule has 14 nitrogen and oxygen atoms in total. The van der Waals surface area contributed by atoms with Crippen LogP contribution in [0.5, 0.6) is 0 Å². The molecule has 50 heavy (non-hydrogen) atoms. The zero-order valence-corrected chi connectivity index (χ0v) is 29.2. The molecule has 3 aliphatic rings. The van der Waals surface area contributed by atoms with E-state index in [9.17, 15) is 29.2 Å². The zero-order valence-electron chi connectivity index (χ0n) is 27.6. The molecule has 2 aliphatic carbocycles. The number of hydrazine groups is 1. The molecular weight excluding hydrogens is 687 g/mol. The fraction of sp³-hybridized carbons (Fsp3) is 0.382. The summed E-state index contributed by atoms with van der Waals surface area (Å²) in [7, 11) is 0. The van der Waals surface area contributed by atoms with Crippen molar-refractivity contribution in [3.63, 3.8) is 0 Å². The number of amides is 5. The quantitative estimate of drug-likeness (QED) is 0.250. The van der Waals surface area contributed by atoms with Crippen molar-refractivity contribution in [2.24, 2.45) is 0 Å². The second-order valence-corrected chi connectivity index (χ2v) is 14.8. The van der Waals surface area contributed by atoms with Crippen LogP contribution in [0, 0.1) is 11.3 Å². The highest BCUT2D eigenvalue weighted by Crippen LogP contribution is 2.45. The molecule has 2 saturated carbocycles. The van der Waals surface area contributed by atoms with Gasteiger partial charge in [0.2, 0.25) is 11.9 Å². The third-order valence-electron chi connectivity index (χ3n) is 8.82. The number of imidazole rings is 1. The molecular formula is C34H34Cl2N8O6. The number of rotatable bonds is 8. The van der Waals surface area contributed by atoms with Gasteiger partial charge in [0.25, 0.3) is 17.7 Å². The molecule has 2 fully saturated rings. The first-order chi connectivity index (χ1) is 23.5. The number of hydrogen-bond acceptors (Lipinski definition) is 8. The number of halogens is 2. The third kappa shape index (κ3) is 6.58. The minimum absolute atomic E-state index is 0.0274. The van der Waals surface area contributed by atoms with Gasteiger partial charge in [-0.1, -0.05) is 35.3 Å². The number of hydrogen-bond donors (Lipinski definition) is 4. The summed E-state index contributed by atoms with van der Waals surface area (Å²) >= 11 is 12.6. The van der Waals surface area contributed by atoms with E-state index in [2.05, 4.69) is 32.5 Å². The highest BCUT2D eigenvalue weighted by molar-refractivity contribution is 6.35. The Balaban J connectivity index is 1.24. The number of anilines is 2. The molecule has 2 aromatic carbocycles. The van der Waals surface area contributed by atoms with Gasteiger partial charge in [0, 0.05) is 16.5 Å². The van der Waals surface area contributed by atoms with Gasteiger partial charge in [-0.05, 0) is 89.3 Å². The molecule has 0 bridgehead atoms. The molecule has 4 N–H and O–H groups in total. The van der Waals surface area contributed by atoms with Crippen LogP contribution in [0.25, 0.3) is 0 Å². The van der Waals surface area contributed by atoms with Crippen LogP contribution in [-0.4, -0.2) is 56.0 Å². The number of carbonyl (C=O) groups is 5. The number of fused-ring (bicyclic) bond motifs is 1. The summed E-state index contributed by atoms with van der Waals surface area (Å²) in [5.41, 5.74) is 1.33. The smallest absolute Gasteiger partial charge is 0.426 e. The molecule has 1 aliphatic heterocycles. The lowest BCUT2D eigenvalue weighted by Gasteiger charge is -2.27. The summed E-state index contributed by atoms with van der Waals surface area (Å²) in [6.07, 6.45) is 1.90. The van der Waals surface area contributed by atoms with Crippen molar-refractivity contribution in [2.45, 2.75) is 82.0 Å². The molecule has 0 saturated heterocycles. The molecule has 0 radical (unpaired) electrons. The lowest BCUT2D eigenvalue weighted by Crippen LogP contribution is -2.59. The molecule has 6 rings (SSSR count). The maximum Gasteiger partial charge on any atom is 0.426 e. The number of benzene rings is 2. The van der Waals surface area contributed by atoms with Gasteiger partial charge in [-0.15, -0.1) is 0 Å². The van der Waals surface area contributed by atoms with Gasteiger partial charge < -0.3 is 15.4 Å². The number of aromatic nitrogens is 2. The van der Waals surface area contributed by atoms with Crippen LogP contribution in [0.4, 0.5) is 16.4 Å². The van der Waals surface area contributed by atoms with Crippen LogP contribution < -0.4 is 26.4 Å². The Bertz CT molecular complexity index is 1950. The second-order valence-electron chi connectivity index (χ2n) is 14.0. The van der Waals surface area contributed by atoms with Gasteiger partial charge in [-0.3, -0.25) is 29.2 Å². The van der Waals surface area contributed by atoms with Crippen LogP contribution in [0.1, 0.15) is 75.0 Å². The van der Waals surface area contributed by atoms with Crippen LogP contribution in [-0.2, 0) is 31.1 Å². The predicted molar refractivity (Wildman–Crippen MR) is 181 cm³/mol. The molecule has 1 aromatic heterocycles. The van der Waals surface area contributed by atoms with Gasteiger partial charge in [0.15, 0.2) is 0 Å². The maximum absolute atomic E-state index is 14.3. The Hall–Kier alpha value is -5.13. The van der Waals surface area contributed by atoms with Gasteiger partial charge in [0.05, 0.1) is 23.5 Å². The van der Waals surface area contributed by atoms with Gasteiger partial charge in [0.1, 0.15) is 27.9 Å². The van der Waals surface area contributed by atoms with E-state index in [0.29, 0.717) is 47.0 Å². The first-order valence-electron chi connectivity index (χ1n) is 15.8. The molecule has 1 unspecified atom stereocenters. The average Bonchev–Trinajstić information content (AvgIpc) is 3.94. The highest BCUT2D eigenvalue weighted by atomic mass is 35.5. The minimum Gasteiger partial charge on any atom is -0.443 e. The van der Waals surface area contributed by atoms with E-state index in [-0.39, 0.29) is 18.1 Å². The minimum atomic E-state index is -1.38. The summed E-state index contributed by atoms with van der Waals surface area (Å²) < 4.78 is 6.66. The summed E-state index contributed by atoms with van der Waals surface area (Å²) in [6.45, 7) is 6.72. The Kier molecular flexibility index (Phi) is 8.56. The number of nitriles is 1. The second kappa shape index (κ2) is 12.3. The molecule has 5 amide bonds. The monoisotopic (exact) mass is 720 g/mol. The van der Waals surface area contributed by atoms with E-state index in [4.69, 9.17) is 27.9 Å². The summed E-state index contributed by atoms with van der Waals surface area (Å²) in [4.78, 5) is 72.7. The Labute approximate surface area is 297 Å². The normalized spacial score (nSPS) is 19.5. The predicted octanol–water partition coefficient (Wildman–Crippen LogP) is 4.16. The Morgan fingerprint density at radius 1 is 0.940 bits per heavy atom. The van der Waals surface area contributed by atoms with Crippen molar-refractivity contribution in [3.05, 3.63) is 75.5 Å². The number of nitrogens with zero attached hydrogens (tertiary/aromatic N) is 4. The third-order valence-corrected chi connectivity index (χ3v) is 9.26. The van der Waals surface area contributed by atoms with E-state index >= 15 is 0 Å². The zero-order chi connectivity index (χ0) is 36.2. The Morgan fingerprint density at radius 3 is 2.10 bits per heavy atom. The molecule has 16 heteroatoms. The molecule has 2 heterocycles. The lowest BCUT2D eigenvalue weighted by atomic mass is 9.91. The summed E-state index contributed by atoms with van der Waals surface area (Å²) in [5, 5.41) is 15.4. The SMILES string of the molecule is CC(C)(C)OC(=O)NNC(=O)C1(NC(=O)C2(NC(=O)c3cnc4n3C(C)(Cc3ccc(C#N)cc3)C(=O)N4c3cc(Cl)cc(Cl)c3)CC2)CC1. The standard InChI is InChI=1S/C34H34Cl2N8O6/c1-31(2,3)50-30(49)42-41-27(47)34(11-12-34)40-26(46)33(9-10-33)39-25(45)24-18-38-29-43(23-14-21(35)13-22(36)15-23)28(48)32(4,44(24)29)16-19-5-7-20(17-37)8-6-19/h5-8,13-15,18H,9-12,16H2,1-4H3,(H,39,45)(H,40,46)(H,41,47)(H,42,49). The van der Waals surface area contributed by atoms with Crippen molar-refractivity contribution in [1.82, 2.24) is 31.0 Å². The van der Waals surface area contributed by atoms with E-state index in [1.807, 2.05) is 0 Å². The van der Waals surface area contributed by atoms with E-state index in [1.165, 1.54) is 21.7 Å². The van der Waals surface area contributed by atoms with E-state index in [0.717, 1.165) is 5.56 Å². The molecule has 0 spiro atoms. The first-order valence-corrected chi connectivity index (χ1v) is 16.6. The largest absolute Gasteiger partial charge is 0.443 e. The van der Waals surface area contributed by atoms with Gasteiger partial charge in [-0.25, -0.2) is 20.1 Å². The van der Waals surface area contributed by atoms with E-state index in [1.54, 1.807) is 64.1 Å². The van der Waals surface area contributed by atoms with Gasteiger partial charge in [-0.2, -0.15) is 5.26 Å². The van der Waals surface area contributed by atoms with E-state index < -0.39 is 51.9 Å². The maximum atomic E-state index is 14.3.